The maximum atomic E-state index is 13.2. The van der Waals surface area contributed by atoms with Gasteiger partial charge in [0.25, 0.3) is 0 Å². The third-order valence-corrected chi connectivity index (χ3v) is 7.69. The molecule has 1 N–H and O–H groups in total. The number of benzene rings is 1. The van der Waals surface area contributed by atoms with Crippen LogP contribution in [0, 0.1) is 13.8 Å². The molecule has 136 valence electrons. The van der Waals surface area contributed by atoms with Crippen molar-refractivity contribution in [3.63, 3.8) is 0 Å². The molecule has 1 saturated heterocycles. The summed E-state index contributed by atoms with van der Waals surface area (Å²) < 4.78 is 38.5. The van der Waals surface area contributed by atoms with Crippen molar-refractivity contribution in [2.24, 2.45) is 0 Å². The van der Waals surface area contributed by atoms with E-state index in [9.17, 15) is 8.42 Å². The number of hydrogen-bond acceptors (Lipinski definition) is 6. The minimum atomic E-state index is -3.64. The first kappa shape index (κ1) is 18.1. The van der Waals surface area contributed by atoms with E-state index in [1.165, 1.54) is 4.31 Å². The molecule has 0 bridgehead atoms. The molecule has 3 rings (SSSR count). The van der Waals surface area contributed by atoms with Gasteiger partial charge in [-0.15, -0.1) is 11.8 Å². The molecule has 0 amide bonds. The smallest absolute Gasteiger partial charge is 0.248 e. The highest BCUT2D eigenvalue weighted by Gasteiger charge is 2.39. The summed E-state index contributed by atoms with van der Waals surface area (Å²) in [5.74, 6) is 1.93. The van der Waals surface area contributed by atoms with Crippen LogP contribution < -0.4 is 9.47 Å². The summed E-state index contributed by atoms with van der Waals surface area (Å²) in [4.78, 5) is 0.264. The topological polar surface area (TPSA) is 84.5 Å². The number of H-pyrrole nitrogens is 1. The van der Waals surface area contributed by atoms with E-state index in [0.717, 1.165) is 11.3 Å². The Morgan fingerprint density at radius 2 is 1.96 bits per heavy atom. The second-order valence-corrected chi connectivity index (χ2v) is 8.73. The molecule has 0 spiro atoms. The van der Waals surface area contributed by atoms with Gasteiger partial charge in [-0.1, -0.05) is 6.07 Å². The van der Waals surface area contributed by atoms with Crippen LogP contribution in [0.2, 0.25) is 0 Å². The molecule has 1 aliphatic heterocycles. The second-order valence-electron chi connectivity index (χ2n) is 5.72. The normalized spacial score (nSPS) is 18.5. The van der Waals surface area contributed by atoms with Gasteiger partial charge in [-0.05, 0) is 31.5 Å². The van der Waals surface area contributed by atoms with Crippen LogP contribution in [-0.2, 0) is 10.0 Å². The Balaban J connectivity index is 2.01. The Morgan fingerprint density at radius 3 is 2.56 bits per heavy atom. The summed E-state index contributed by atoms with van der Waals surface area (Å²) in [6, 6.07) is 5.51. The van der Waals surface area contributed by atoms with E-state index in [-0.39, 0.29) is 10.3 Å². The van der Waals surface area contributed by atoms with Gasteiger partial charge in [0, 0.05) is 12.3 Å². The van der Waals surface area contributed by atoms with Crippen LogP contribution in [-0.4, -0.2) is 49.4 Å². The summed E-state index contributed by atoms with van der Waals surface area (Å²) in [5, 5.41) is 6.48. The molecule has 9 heteroatoms. The molecular weight excluding hydrogens is 362 g/mol. The number of aromatic amines is 1. The first-order valence-corrected chi connectivity index (χ1v) is 10.3. The monoisotopic (exact) mass is 383 g/mol. The molecule has 2 aromatic rings. The standard InChI is InChI=1S/C16H21N3O4S2/c1-10-15(11(2)18-17-10)25(20,21)19-7-8-24-16(19)12-5-6-13(22-3)14(9-12)23-4/h5-6,9,16H,7-8H2,1-4H3,(H,17,18). The Hall–Kier alpha value is -1.71. The van der Waals surface area contributed by atoms with E-state index in [1.54, 1.807) is 45.9 Å². The molecule has 1 aromatic heterocycles. The van der Waals surface area contributed by atoms with Crippen molar-refractivity contribution < 1.29 is 17.9 Å². The summed E-state index contributed by atoms with van der Waals surface area (Å²) in [6.07, 6.45) is 0. The van der Waals surface area contributed by atoms with Crippen molar-refractivity contribution >= 4 is 21.8 Å². The predicted molar refractivity (Wildman–Crippen MR) is 96.7 cm³/mol. The Bertz CT molecular complexity index is 860. The third-order valence-electron chi connectivity index (χ3n) is 4.17. The average molecular weight is 383 g/mol. The minimum Gasteiger partial charge on any atom is -0.493 e. The zero-order chi connectivity index (χ0) is 18.2. The van der Waals surface area contributed by atoms with Gasteiger partial charge in [-0.25, -0.2) is 8.42 Å². The molecule has 7 nitrogen and oxygen atoms in total. The van der Waals surface area contributed by atoms with E-state index in [1.807, 2.05) is 12.1 Å². The second kappa shape index (κ2) is 6.89. The lowest BCUT2D eigenvalue weighted by molar-refractivity contribution is 0.353. The molecular formula is C16H21N3O4S2. The quantitative estimate of drug-likeness (QED) is 0.854. The van der Waals surface area contributed by atoms with Gasteiger partial charge in [-0.3, -0.25) is 5.10 Å². The van der Waals surface area contributed by atoms with Gasteiger partial charge in [0.05, 0.1) is 31.0 Å². The van der Waals surface area contributed by atoms with Gasteiger partial charge >= 0.3 is 0 Å². The van der Waals surface area contributed by atoms with Crippen LogP contribution in [0.15, 0.2) is 23.1 Å². The van der Waals surface area contributed by atoms with Gasteiger partial charge < -0.3 is 9.47 Å². The largest absolute Gasteiger partial charge is 0.493 e. The minimum absolute atomic E-state index is 0.264. The highest BCUT2D eigenvalue weighted by atomic mass is 32.2. The summed E-state index contributed by atoms with van der Waals surface area (Å²) in [6.45, 7) is 3.88. The molecule has 0 aliphatic carbocycles. The fraction of sp³-hybridized carbons (Fsp3) is 0.438. The number of rotatable bonds is 5. The van der Waals surface area contributed by atoms with E-state index >= 15 is 0 Å². The Kier molecular flexibility index (Phi) is 4.99. The van der Waals surface area contributed by atoms with E-state index in [0.29, 0.717) is 29.4 Å². The van der Waals surface area contributed by atoms with Crippen molar-refractivity contribution in [2.75, 3.05) is 26.5 Å². The Morgan fingerprint density at radius 1 is 1.24 bits per heavy atom. The van der Waals surface area contributed by atoms with E-state index in [4.69, 9.17) is 9.47 Å². The SMILES string of the molecule is COc1ccc(C2SCCN2S(=O)(=O)c2c(C)n[nH]c2C)cc1OC. The molecule has 1 unspecified atom stereocenters. The number of thioether (sulfide) groups is 1. The lowest BCUT2D eigenvalue weighted by Crippen LogP contribution is -2.31. The maximum absolute atomic E-state index is 13.2. The number of ether oxygens (including phenoxy) is 2. The number of aryl methyl sites for hydroxylation is 2. The van der Waals surface area contributed by atoms with Gasteiger partial charge in [-0.2, -0.15) is 9.40 Å². The summed E-state index contributed by atoms with van der Waals surface area (Å²) >= 11 is 1.59. The number of aromatic nitrogens is 2. The van der Waals surface area contributed by atoms with Gasteiger partial charge in [0.1, 0.15) is 4.90 Å². The molecule has 1 aliphatic rings. The lowest BCUT2D eigenvalue weighted by Gasteiger charge is -2.24. The summed E-state index contributed by atoms with van der Waals surface area (Å²) in [5.41, 5.74) is 1.91. The molecule has 25 heavy (non-hydrogen) atoms. The lowest BCUT2D eigenvalue weighted by atomic mass is 10.2. The molecule has 1 aromatic carbocycles. The number of methoxy groups -OCH3 is 2. The van der Waals surface area contributed by atoms with Crippen molar-refractivity contribution in [3.8, 4) is 11.5 Å². The number of hydrogen-bond donors (Lipinski definition) is 1. The fourth-order valence-corrected chi connectivity index (χ4v) is 6.57. The first-order valence-electron chi connectivity index (χ1n) is 7.77. The predicted octanol–water partition coefficient (Wildman–Crippen LogP) is 2.48. The van der Waals surface area contributed by atoms with E-state index in [2.05, 4.69) is 10.2 Å². The maximum Gasteiger partial charge on any atom is 0.248 e. The zero-order valence-corrected chi connectivity index (χ0v) is 16.2. The Labute approximate surface area is 151 Å². The van der Waals surface area contributed by atoms with Gasteiger partial charge in [0.2, 0.25) is 10.0 Å². The number of nitrogens with one attached hydrogen (secondary N) is 1. The van der Waals surface area contributed by atoms with Crippen molar-refractivity contribution in [3.05, 3.63) is 35.2 Å². The molecule has 0 saturated carbocycles. The van der Waals surface area contributed by atoms with E-state index < -0.39 is 10.0 Å². The highest BCUT2D eigenvalue weighted by Crippen LogP contribution is 2.44. The third kappa shape index (κ3) is 3.11. The van der Waals surface area contributed by atoms with Crippen LogP contribution in [0.3, 0.4) is 0 Å². The molecule has 0 radical (unpaired) electrons. The van der Waals surface area contributed by atoms with Crippen molar-refractivity contribution in [2.45, 2.75) is 24.1 Å². The zero-order valence-electron chi connectivity index (χ0n) is 14.6. The van der Waals surface area contributed by atoms with Crippen LogP contribution in [0.25, 0.3) is 0 Å². The van der Waals surface area contributed by atoms with Crippen LogP contribution in [0.1, 0.15) is 22.3 Å². The molecule has 1 fully saturated rings. The number of nitrogens with zero attached hydrogens (tertiary/aromatic N) is 2. The fourth-order valence-electron chi connectivity index (χ4n) is 3.01. The number of sulfonamides is 1. The van der Waals surface area contributed by atoms with Crippen LogP contribution >= 0.6 is 11.8 Å². The van der Waals surface area contributed by atoms with Gasteiger partial charge in [0.15, 0.2) is 11.5 Å². The first-order chi connectivity index (χ1) is 11.9. The van der Waals surface area contributed by atoms with Crippen molar-refractivity contribution in [1.82, 2.24) is 14.5 Å². The molecule has 1 atom stereocenters. The van der Waals surface area contributed by atoms with Crippen molar-refractivity contribution in [1.29, 1.82) is 0 Å². The molecule has 2 heterocycles. The average Bonchev–Trinajstić information content (AvgIpc) is 3.21. The highest BCUT2D eigenvalue weighted by molar-refractivity contribution is 8.01. The summed E-state index contributed by atoms with van der Waals surface area (Å²) in [7, 11) is -0.505. The van der Waals surface area contributed by atoms with Crippen LogP contribution in [0.5, 0.6) is 11.5 Å². The van der Waals surface area contributed by atoms with Crippen LogP contribution in [0.4, 0.5) is 0 Å².